The van der Waals surface area contributed by atoms with E-state index in [1.165, 1.54) is 22.4 Å². The van der Waals surface area contributed by atoms with E-state index in [1.54, 1.807) is 25.1 Å². The van der Waals surface area contributed by atoms with Crippen LogP contribution >= 0.6 is 0 Å². The summed E-state index contributed by atoms with van der Waals surface area (Å²) in [5.41, 5.74) is 1.16. The van der Waals surface area contributed by atoms with Crippen molar-refractivity contribution in [3.63, 3.8) is 0 Å². The molecule has 0 N–H and O–H groups in total. The van der Waals surface area contributed by atoms with Gasteiger partial charge in [0.2, 0.25) is 15.9 Å². The van der Waals surface area contributed by atoms with Crippen LogP contribution in [0.1, 0.15) is 11.1 Å². The third-order valence-corrected chi connectivity index (χ3v) is 6.79. The quantitative estimate of drug-likeness (QED) is 0.739. The summed E-state index contributed by atoms with van der Waals surface area (Å²) in [6.07, 6.45) is -0.0738. The maximum absolute atomic E-state index is 13.3. The molecule has 1 saturated heterocycles. The molecule has 0 bridgehead atoms. The van der Waals surface area contributed by atoms with Crippen molar-refractivity contribution >= 4 is 15.9 Å². The molecule has 6 nitrogen and oxygen atoms in total. The molecule has 1 aliphatic heterocycles. The Labute approximate surface area is 168 Å². The van der Waals surface area contributed by atoms with E-state index in [0.717, 1.165) is 17.7 Å². The topological polar surface area (TPSA) is 66.9 Å². The highest BCUT2D eigenvalue weighted by Gasteiger charge is 2.32. The van der Waals surface area contributed by atoms with Crippen molar-refractivity contribution in [3.8, 4) is 5.75 Å². The number of sulfonamides is 1. The minimum Gasteiger partial charge on any atom is -0.495 e. The molecule has 0 spiro atoms. The molecule has 3 rings (SSSR count). The minimum absolute atomic E-state index is 0.0738. The molecule has 1 fully saturated rings. The molecule has 0 saturated carbocycles. The van der Waals surface area contributed by atoms with Gasteiger partial charge in [0.25, 0.3) is 0 Å². The zero-order chi connectivity index (χ0) is 21.2. The van der Waals surface area contributed by atoms with Crippen molar-refractivity contribution in [1.82, 2.24) is 9.21 Å². The maximum atomic E-state index is 13.3. The fraction of sp³-hybridized carbons (Fsp3) is 0.350. The van der Waals surface area contributed by atoms with Crippen molar-refractivity contribution in [2.75, 3.05) is 33.3 Å². The van der Waals surface area contributed by atoms with Gasteiger partial charge in [-0.2, -0.15) is 4.31 Å². The average Bonchev–Trinajstić information content (AvgIpc) is 2.70. The Bertz CT molecular complexity index is 1020. The fourth-order valence-corrected chi connectivity index (χ4v) is 4.90. The Morgan fingerprint density at radius 3 is 2.34 bits per heavy atom. The number of carbonyl (C=O) groups excluding carboxylic acids is 1. The Balaban J connectivity index is 1.67. The van der Waals surface area contributed by atoms with Crippen LogP contribution in [0.5, 0.6) is 5.75 Å². The third kappa shape index (κ3) is 4.56. The Morgan fingerprint density at radius 2 is 1.72 bits per heavy atom. The summed E-state index contributed by atoms with van der Waals surface area (Å²) in [7, 11) is -2.35. The Hall–Kier alpha value is -2.52. The van der Waals surface area contributed by atoms with Gasteiger partial charge >= 0.3 is 0 Å². The number of halogens is 2. The number of amides is 1. The second kappa shape index (κ2) is 8.46. The monoisotopic (exact) mass is 424 g/mol. The summed E-state index contributed by atoms with van der Waals surface area (Å²) < 4.78 is 58.9. The van der Waals surface area contributed by atoms with E-state index in [4.69, 9.17) is 4.74 Å². The minimum atomic E-state index is -3.77. The highest BCUT2D eigenvalue weighted by Crippen LogP contribution is 2.28. The fourth-order valence-electron chi connectivity index (χ4n) is 3.24. The summed E-state index contributed by atoms with van der Waals surface area (Å²) in [5, 5.41) is 0. The number of ether oxygens (including phenoxy) is 1. The van der Waals surface area contributed by atoms with Crippen LogP contribution in [0.25, 0.3) is 0 Å². The van der Waals surface area contributed by atoms with Gasteiger partial charge in [0, 0.05) is 26.2 Å². The largest absolute Gasteiger partial charge is 0.495 e. The lowest BCUT2D eigenvalue weighted by molar-refractivity contribution is -0.131. The van der Waals surface area contributed by atoms with Gasteiger partial charge in [-0.3, -0.25) is 4.79 Å². The Kier molecular flexibility index (Phi) is 6.18. The maximum Gasteiger partial charge on any atom is 0.246 e. The van der Waals surface area contributed by atoms with Crippen molar-refractivity contribution in [1.29, 1.82) is 0 Å². The van der Waals surface area contributed by atoms with Crippen molar-refractivity contribution in [3.05, 3.63) is 59.2 Å². The summed E-state index contributed by atoms with van der Waals surface area (Å²) >= 11 is 0. The summed E-state index contributed by atoms with van der Waals surface area (Å²) in [6, 6.07) is 8.29. The normalized spacial score (nSPS) is 15.4. The van der Waals surface area contributed by atoms with Gasteiger partial charge in [-0.25, -0.2) is 17.2 Å². The number of hydrogen-bond acceptors (Lipinski definition) is 4. The van der Waals surface area contributed by atoms with Crippen LogP contribution in [0.2, 0.25) is 0 Å². The molecule has 1 aliphatic rings. The van der Waals surface area contributed by atoms with Crippen LogP contribution < -0.4 is 4.74 Å². The molecule has 2 aromatic rings. The molecule has 1 amide bonds. The molecule has 0 unspecified atom stereocenters. The second-order valence-corrected chi connectivity index (χ2v) is 8.77. The molecular weight excluding hydrogens is 402 g/mol. The van der Waals surface area contributed by atoms with Gasteiger partial charge < -0.3 is 9.64 Å². The van der Waals surface area contributed by atoms with E-state index in [1.807, 2.05) is 0 Å². The lowest BCUT2D eigenvalue weighted by Gasteiger charge is -2.34. The molecule has 2 aromatic carbocycles. The van der Waals surface area contributed by atoms with Gasteiger partial charge in [0.15, 0.2) is 11.6 Å². The number of hydrogen-bond donors (Lipinski definition) is 0. The van der Waals surface area contributed by atoms with Gasteiger partial charge in [-0.1, -0.05) is 12.1 Å². The average molecular weight is 424 g/mol. The third-order valence-electron chi connectivity index (χ3n) is 4.87. The molecule has 0 atom stereocenters. The molecule has 1 heterocycles. The van der Waals surface area contributed by atoms with Crippen LogP contribution in [0.4, 0.5) is 8.78 Å². The lowest BCUT2D eigenvalue weighted by atomic mass is 10.1. The summed E-state index contributed by atoms with van der Waals surface area (Å²) in [6.45, 7) is 2.52. The van der Waals surface area contributed by atoms with Crippen molar-refractivity contribution in [2.24, 2.45) is 0 Å². The first-order valence-corrected chi connectivity index (χ1v) is 10.5. The van der Waals surface area contributed by atoms with Crippen LogP contribution in [0, 0.1) is 18.6 Å². The van der Waals surface area contributed by atoms with Crippen molar-refractivity contribution < 1.29 is 26.7 Å². The standard InChI is InChI=1S/C20H22F2N2O4S/c1-14-3-6-18(28-2)19(11-14)29(26,27)24-9-7-23(8-10-24)20(25)13-15-4-5-16(21)17(22)12-15/h3-6,11-12H,7-10,13H2,1-2H3. The highest BCUT2D eigenvalue weighted by molar-refractivity contribution is 7.89. The number of carbonyl (C=O) groups is 1. The van der Waals surface area contributed by atoms with Crippen LogP contribution in [-0.4, -0.2) is 56.8 Å². The molecule has 9 heteroatoms. The van der Waals surface area contributed by atoms with Gasteiger partial charge in [-0.05, 0) is 42.3 Å². The first-order chi connectivity index (χ1) is 13.7. The number of rotatable bonds is 5. The number of piperazine rings is 1. The number of aryl methyl sites for hydroxylation is 1. The second-order valence-electron chi connectivity index (χ2n) is 6.86. The number of nitrogens with zero attached hydrogens (tertiary/aromatic N) is 2. The molecule has 156 valence electrons. The van der Waals surface area contributed by atoms with E-state index in [2.05, 4.69) is 0 Å². The zero-order valence-electron chi connectivity index (χ0n) is 16.2. The van der Waals surface area contributed by atoms with Crippen LogP contribution in [0.15, 0.2) is 41.3 Å². The van der Waals surface area contributed by atoms with Crippen LogP contribution in [-0.2, 0) is 21.2 Å². The SMILES string of the molecule is COc1ccc(C)cc1S(=O)(=O)N1CCN(C(=O)Cc2ccc(F)c(F)c2)CC1. The summed E-state index contributed by atoms with van der Waals surface area (Å²) in [5.74, 6) is -1.96. The molecular formula is C20H22F2N2O4S. The Morgan fingerprint density at radius 1 is 1.03 bits per heavy atom. The summed E-state index contributed by atoms with van der Waals surface area (Å²) in [4.78, 5) is 14.1. The smallest absolute Gasteiger partial charge is 0.246 e. The predicted molar refractivity (Wildman–Crippen MR) is 103 cm³/mol. The van der Waals surface area contributed by atoms with Gasteiger partial charge in [-0.15, -0.1) is 0 Å². The number of methoxy groups -OCH3 is 1. The van der Waals surface area contributed by atoms with E-state index in [9.17, 15) is 22.0 Å². The first kappa shape index (κ1) is 21.2. The van der Waals surface area contributed by atoms with E-state index < -0.39 is 21.7 Å². The predicted octanol–water partition coefficient (Wildman–Crippen LogP) is 2.36. The zero-order valence-corrected chi connectivity index (χ0v) is 17.0. The van der Waals surface area contributed by atoms with Crippen molar-refractivity contribution in [2.45, 2.75) is 18.2 Å². The first-order valence-electron chi connectivity index (χ1n) is 9.09. The molecule has 0 radical (unpaired) electrons. The van der Waals surface area contributed by atoms with E-state index in [0.29, 0.717) is 5.56 Å². The lowest BCUT2D eigenvalue weighted by Crippen LogP contribution is -2.50. The van der Waals surface area contributed by atoms with Crippen LogP contribution in [0.3, 0.4) is 0 Å². The number of benzene rings is 2. The van der Waals surface area contributed by atoms with E-state index >= 15 is 0 Å². The molecule has 0 aliphatic carbocycles. The van der Waals surface area contributed by atoms with Gasteiger partial charge in [0.05, 0.1) is 13.5 Å². The molecule has 0 aromatic heterocycles. The van der Waals surface area contributed by atoms with E-state index in [-0.39, 0.29) is 49.2 Å². The highest BCUT2D eigenvalue weighted by atomic mass is 32.2. The van der Waals surface area contributed by atoms with Gasteiger partial charge in [0.1, 0.15) is 10.6 Å². The molecule has 29 heavy (non-hydrogen) atoms.